The third-order valence-electron chi connectivity index (χ3n) is 3.39. The molecular weight excluding hydrogens is 280 g/mol. The summed E-state index contributed by atoms with van der Waals surface area (Å²) in [7, 11) is 1.56. The molecule has 2 N–H and O–H groups in total. The number of nitrogens with one attached hydrogen (secondary N) is 2. The molecule has 0 fully saturated rings. The van der Waals surface area contributed by atoms with Gasteiger partial charge in [0.2, 0.25) is 5.88 Å². The molecule has 6 heteroatoms. The van der Waals surface area contributed by atoms with E-state index in [2.05, 4.69) is 20.5 Å². The molecule has 112 valence electrons. The van der Waals surface area contributed by atoms with E-state index in [1.54, 1.807) is 19.4 Å². The predicted molar refractivity (Wildman–Crippen MR) is 82.8 cm³/mol. The summed E-state index contributed by atoms with van der Waals surface area (Å²) >= 11 is 0. The average molecular weight is 296 g/mol. The first kappa shape index (κ1) is 14.1. The molecule has 2 heterocycles. The van der Waals surface area contributed by atoms with Gasteiger partial charge in [0.25, 0.3) is 5.91 Å². The highest BCUT2D eigenvalue weighted by Gasteiger charge is 2.13. The molecule has 0 saturated heterocycles. The molecule has 6 nitrogen and oxygen atoms in total. The Bertz CT molecular complexity index is 809. The molecule has 1 aromatic carbocycles. The van der Waals surface area contributed by atoms with Crippen LogP contribution in [0.1, 0.15) is 21.6 Å². The second-order valence-corrected chi connectivity index (χ2v) is 5.01. The lowest BCUT2D eigenvalue weighted by Crippen LogP contribution is -2.23. The fourth-order valence-corrected chi connectivity index (χ4v) is 2.20. The van der Waals surface area contributed by atoms with Crippen molar-refractivity contribution in [2.45, 2.75) is 13.5 Å². The number of benzene rings is 1. The lowest BCUT2D eigenvalue weighted by atomic mass is 10.1. The second-order valence-electron chi connectivity index (χ2n) is 5.01. The van der Waals surface area contributed by atoms with Gasteiger partial charge in [-0.3, -0.25) is 9.89 Å². The molecule has 2 aromatic heterocycles. The number of aromatic nitrogens is 3. The van der Waals surface area contributed by atoms with Gasteiger partial charge >= 0.3 is 0 Å². The van der Waals surface area contributed by atoms with Crippen molar-refractivity contribution in [2.24, 2.45) is 0 Å². The molecule has 3 aromatic rings. The Hall–Kier alpha value is -2.89. The molecule has 0 aliphatic heterocycles. The summed E-state index contributed by atoms with van der Waals surface area (Å²) in [6, 6.07) is 9.46. The normalized spacial score (nSPS) is 10.6. The van der Waals surface area contributed by atoms with Crippen LogP contribution < -0.4 is 10.1 Å². The van der Waals surface area contributed by atoms with Crippen molar-refractivity contribution in [1.29, 1.82) is 0 Å². The number of fused-ring (bicyclic) bond motifs is 1. The van der Waals surface area contributed by atoms with E-state index in [-0.39, 0.29) is 5.91 Å². The van der Waals surface area contributed by atoms with Crippen LogP contribution in [0.5, 0.6) is 5.88 Å². The summed E-state index contributed by atoms with van der Waals surface area (Å²) in [4.78, 5) is 16.4. The van der Waals surface area contributed by atoms with Crippen LogP contribution in [0.4, 0.5) is 0 Å². The van der Waals surface area contributed by atoms with Gasteiger partial charge in [0, 0.05) is 24.2 Å². The molecule has 0 aliphatic carbocycles. The molecule has 0 spiro atoms. The number of hydrogen-bond acceptors (Lipinski definition) is 4. The minimum atomic E-state index is -0.215. The van der Waals surface area contributed by atoms with Crippen LogP contribution >= 0.6 is 0 Å². The van der Waals surface area contributed by atoms with Crippen molar-refractivity contribution in [3.05, 3.63) is 53.3 Å². The van der Waals surface area contributed by atoms with Gasteiger partial charge in [0.1, 0.15) is 0 Å². The standard InChI is InChI=1S/C16H16N4O2/c1-10-3-5-13-12(7-10)15(20-19-13)16(21)18-9-11-4-6-14(22-2)17-8-11/h3-8H,9H2,1-2H3,(H,18,21)(H,19,20). The van der Waals surface area contributed by atoms with Gasteiger partial charge in [-0.1, -0.05) is 17.7 Å². The summed E-state index contributed by atoms with van der Waals surface area (Å²) in [5, 5.41) is 10.6. The number of methoxy groups -OCH3 is 1. The fourth-order valence-electron chi connectivity index (χ4n) is 2.20. The van der Waals surface area contributed by atoms with Crippen LogP contribution in [-0.2, 0) is 6.54 Å². The van der Waals surface area contributed by atoms with Crippen LogP contribution in [0.25, 0.3) is 10.9 Å². The maximum Gasteiger partial charge on any atom is 0.272 e. The number of aryl methyl sites for hydroxylation is 1. The highest BCUT2D eigenvalue weighted by molar-refractivity contribution is 6.04. The molecule has 0 atom stereocenters. The molecule has 0 aliphatic rings. The molecule has 3 rings (SSSR count). The Kier molecular flexibility index (Phi) is 3.74. The van der Waals surface area contributed by atoms with Gasteiger partial charge in [-0.15, -0.1) is 0 Å². The van der Waals surface area contributed by atoms with E-state index >= 15 is 0 Å². The fraction of sp³-hybridized carbons (Fsp3) is 0.188. The lowest BCUT2D eigenvalue weighted by Gasteiger charge is -2.04. The summed E-state index contributed by atoms with van der Waals surface area (Å²) in [5.41, 5.74) is 3.23. The molecular formula is C16H16N4O2. The molecule has 0 radical (unpaired) electrons. The Labute approximate surface area is 127 Å². The smallest absolute Gasteiger partial charge is 0.272 e. The number of rotatable bonds is 4. The molecule has 22 heavy (non-hydrogen) atoms. The maximum absolute atomic E-state index is 12.3. The van der Waals surface area contributed by atoms with E-state index in [4.69, 9.17) is 4.74 Å². The van der Waals surface area contributed by atoms with Crippen molar-refractivity contribution in [3.8, 4) is 5.88 Å². The Balaban J connectivity index is 1.74. The van der Waals surface area contributed by atoms with Gasteiger partial charge in [-0.2, -0.15) is 5.10 Å². The van der Waals surface area contributed by atoms with Crippen LogP contribution in [0, 0.1) is 6.92 Å². The summed E-state index contributed by atoms with van der Waals surface area (Å²) < 4.78 is 5.00. The van der Waals surface area contributed by atoms with E-state index in [1.807, 2.05) is 31.2 Å². The third kappa shape index (κ3) is 2.76. The van der Waals surface area contributed by atoms with Gasteiger partial charge in [-0.25, -0.2) is 4.98 Å². The first-order chi connectivity index (χ1) is 10.7. The monoisotopic (exact) mass is 296 g/mol. The third-order valence-corrected chi connectivity index (χ3v) is 3.39. The Morgan fingerprint density at radius 1 is 1.32 bits per heavy atom. The van der Waals surface area contributed by atoms with E-state index in [9.17, 15) is 4.79 Å². The maximum atomic E-state index is 12.3. The van der Waals surface area contributed by atoms with Crippen molar-refractivity contribution in [2.75, 3.05) is 7.11 Å². The van der Waals surface area contributed by atoms with Crippen molar-refractivity contribution in [3.63, 3.8) is 0 Å². The van der Waals surface area contributed by atoms with Crippen LogP contribution in [-0.4, -0.2) is 28.2 Å². The Morgan fingerprint density at radius 2 is 2.18 bits per heavy atom. The van der Waals surface area contributed by atoms with Gasteiger partial charge < -0.3 is 10.1 Å². The SMILES string of the molecule is COc1ccc(CNC(=O)c2n[nH]c3ccc(C)cc23)cn1. The number of H-pyrrole nitrogens is 1. The number of pyridine rings is 1. The van der Waals surface area contributed by atoms with Crippen LogP contribution in [0.15, 0.2) is 36.5 Å². The van der Waals surface area contributed by atoms with Gasteiger partial charge in [-0.05, 0) is 24.6 Å². The topological polar surface area (TPSA) is 79.9 Å². The summed E-state index contributed by atoms with van der Waals surface area (Å²) in [6.45, 7) is 2.37. The lowest BCUT2D eigenvalue weighted by molar-refractivity contribution is 0.0947. The second kappa shape index (κ2) is 5.85. The number of ether oxygens (including phenoxy) is 1. The molecule has 0 saturated carbocycles. The van der Waals surface area contributed by atoms with E-state index in [1.165, 1.54) is 0 Å². The van der Waals surface area contributed by atoms with Gasteiger partial charge in [0.05, 0.1) is 12.6 Å². The van der Waals surface area contributed by atoms with Crippen molar-refractivity contribution in [1.82, 2.24) is 20.5 Å². The highest BCUT2D eigenvalue weighted by atomic mass is 16.5. The largest absolute Gasteiger partial charge is 0.481 e. The predicted octanol–water partition coefficient (Wildman–Crippen LogP) is 2.20. The number of hydrogen-bond donors (Lipinski definition) is 2. The zero-order valence-corrected chi connectivity index (χ0v) is 12.4. The quantitative estimate of drug-likeness (QED) is 0.773. The van der Waals surface area contributed by atoms with Gasteiger partial charge in [0.15, 0.2) is 5.69 Å². The Morgan fingerprint density at radius 3 is 2.91 bits per heavy atom. The number of nitrogens with zero attached hydrogens (tertiary/aromatic N) is 2. The van der Waals surface area contributed by atoms with Crippen LogP contribution in [0.3, 0.4) is 0 Å². The first-order valence-electron chi connectivity index (χ1n) is 6.89. The number of carbonyl (C=O) groups excluding carboxylic acids is 1. The van der Waals surface area contributed by atoms with E-state index in [0.29, 0.717) is 18.1 Å². The number of carbonyl (C=O) groups is 1. The molecule has 1 amide bonds. The zero-order chi connectivity index (χ0) is 15.5. The zero-order valence-electron chi connectivity index (χ0n) is 12.4. The summed E-state index contributed by atoms with van der Waals surface area (Å²) in [5.74, 6) is 0.330. The van der Waals surface area contributed by atoms with Crippen LogP contribution in [0.2, 0.25) is 0 Å². The number of amides is 1. The van der Waals surface area contributed by atoms with Crippen molar-refractivity contribution >= 4 is 16.8 Å². The summed E-state index contributed by atoms with van der Waals surface area (Å²) in [6.07, 6.45) is 1.67. The minimum Gasteiger partial charge on any atom is -0.481 e. The van der Waals surface area contributed by atoms with Crippen molar-refractivity contribution < 1.29 is 9.53 Å². The molecule has 0 bridgehead atoms. The highest BCUT2D eigenvalue weighted by Crippen LogP contribution is 2.17. The minimum absolute atomic E-state index is 0.215. The molecule has 0 unspecified atom stereocenters. The van der Waals surface area contributed by atoms with E-state index < -0.39 is 0 Å². The number of aromatic amines is 1. The first-order valence-corrected chi connectivity index (χ1v) is 6.89. The average Bonchev–Trinajstić information content (AvgIpc) is 2.96. The van der Waals surface area contributed by atoms with E-state index in [0.717, 1.165) is 22.0 Å².